The van der Waals surface area contributed by atoms with Crippen LogP contribution in [0, 0.1) is 5.82 Å². The molecule has 1 heterocycles. The van der Waals surface area contributed by atoms with Crippen molar-refractivity contribution >= 4 is 0 Å². The number of aliphatic hydroxyl groups is 1. The maximum Gasteiger partial charge on any atom is 0.416 e. The summed E-state index contributed by atoms with van der Waals surface area (Å²) in [6.45, 7) is 0.711. The molecular weight excluding hydrogens is 274 g/mol. The Morgan fingerprint density at radius 2 is 1.90 bits per heavy atom. The van der Waals surface area contributed by atoms with Gasteiger partial charge in [0.2, 0.25) is 0 Å². The predicted octanol–water partition coefficient (Wildman–Crippen LogP) is 3.41. The van der Waals surface area contributed by atoms with Crippen LogP contribution in [0.3, 0.4) is 0 Å². The fourth-order valence-electron chi connectivity index (χ4n) is 2.50. The van der Waals surface area contributed by atoms with Crippen LogP contribution in [-0.2, 0) is 6.18 Å². The van der Waals surface area contributed by atoms with E-state index in [1.807, 2.05) is 0 Å². The maximum absolute atomic E-state index is 13.3. The number of hydrogen-bond donors (Lipinski definition) is 2. The Bertz CT molecular complexity index is 453. The Balaban J connectivity index is 2.24. The van der Waals surface area contributed by atoms with Crippen molar-refractivity contribution in [2.45, 2.75) is 44.0 Å². The number of rotatable bonds is 2. The van der Waals surface area contributed by atoms with Crippen LogP contribution in [0.15, 0.2) is 18.2 Å². The smallest absolute Gasteiger partial charge is 0.387 e. The first-order valence-corrected chi connectivity index (χ1v) is 6.67. The molecule has 6 heteroatoms. The van der Waals surface area contributed by atoms with Gasteiger partial charge in [-0.2, -0.15) is 13.2 Å². The van der Waals surface area contributed by atoms with Crippen LogP contribution in [0.5, 0.6) is 0 Å². The van der Waals surface area contributed by atoms with Gasteiger partial charge < -0.3 is 10.4 Å². The van der Waals surface area contributed by atoms with Crippen LogP contribution in [0.4, 0.5) is 17.6 Å². The van der Waals surface area contributed by atoms with Gasteiger partial charge in [-0.15, -0.1) is 0 Å². The quantitative estimate of drug-likeness (QED) is 0.818. The van der Waals surface area contributed by atoms with E-state index >= 15 is 0 Å². The summed E-state index contributed by atoms with van der Waals surface area (Å²) in [5.74, 6) is -0.984. The third kappa shape index (κ3) is 3.70. The van der Waals surface area contributed by atoms with Crippen LogP contribution in [0.1, 0.15) is 42.9 Å². The average molecular weight is 291 g/mol. The van der Waals surface area contributed by atoms with Crippen LogP contribution in [0.25, 0.3) is 0 Å². The van der Waals surface area contributed by atoms with Crippen molar-refractivity contribution < 1.29 is 22.7 Å². The highest BCUT2D eigenvalue weighted by atomic mass is 19.4. The third-order valence-electron chi connectivity index (χ3n) is 3.57. The van der Waals surface area contributed by atoms with E-state index in [4.69, 9.17) is 0 Å². The van der Waals surface area contributed by atoms with Crippen LogP contribution in [-0.4, -0.2) is 17.7 Å². The Labute approximate surface area is 114 Å². The molecule has 2 unspecified atom stereocenters. The van der Waals surface area contributed by atoms with Gasteiger partial charge in [0.15, 0.2) is 0 Å². The van der Waals surface area contributed by atoms with Gasteiger partial charge in [-0.05, 0) is 43.1 Å². The molecule has 0 aliphatic carbocycles. The number of alkyl halides is 3. The zero-order chi connectivity index (χ0) is 14.8. The first-order valence-electron chi connectivity index (χ1n) is 6.67. The molecule has 1 aliphatic heterocycles. The lowest BCUT2D eigenvalue weighted by atomic mass is 9.97. The van der Waals surface area contributed by atoms with Gasteiger partial charge in [-0.25, -0.2) is 4.39 Å². The minimum Gasteiger partial charge on any atom is -0.387 e. The Morgan fingerprint density at radius 3 is 2.60 bits per heavy atom. The highest BCUT2D eigenvalue weighted by molar-refractivity contribution is 5.29. The molecule has 0 amide bonds. The molecule has 0 aromatic heterocycles. The summed E-state index contributed by atoms with van der Waals surface area (Å²) < 4.78 is 51.3. The van der Waals surface area contributed by atoms with Gasteiger partial charge in [0.05, 0.1) is 11.7 Å². The third-order valence-corrected chi connectivity index (χ3v) is 3.57. The summed E-state index contributed by atoms with van der Waals surface area (Å²) in [6, 6.07) is 1.89. The molecule has 1 fully saturated rings. The summed E-state index contributed by atoms with van der Waals surface area (Å²) in [5.41, 5.74) is -1.10. The van der Waals surface area contributed by atoms with Gasteiger partial charge in [0, 0.05) is 6.04 Å². The number of halogens is 4. The molecule has 0 spiro atoms. The lowest BCUT2D eigenvalue weighted by Crippen LogP contribution is -2.34. The predicted molar refractivity (Wildman–Crippen MR) is 66.6 cm³/mol. The van der Waals surface area contributed by atoms with Crippen molar-refractivity contribution in [3.05, 3.63) is 35.1 Å². The van der Waals surface area contributed by atoms with Crippen molar-refractivity contribution in [1.29, 1.82) is 0 Å². The number of benzene rings is 1. The van der Waals surface area contributed by atoms with Crippen molar-refractivity contribution in [1.82, 2.24) is 5.32 Å². The Kier molecular flexibility index (Phi) is 4.65. The van der Waals surface area contributed by atoms with Crippen molar-refractivity contribution in [3.63, 3.8) is 0 Å². The van der Waals surface area contributed by atoms with Gasteiger partial charge in [-0.3, -0.25) is 0 Å². The molecule has 1 saturated heterocycles. The Morgan fingerprint density at radius 1 is 1.15 bits per heavy atom. The summed E-state index contributed by atoms with van der Waals surface area (Å²) >= 11 is 0. The first-order chi connectivity index (χ1) is 9.38. The molecular formula is C14H17F4NO. The molecule has 2 rings (SSSR count). The van der Waals surface area contributed by atoms with Crippen molar-refractivity contribution in [2.24, 2.45) is 0 Å². The largest absolute Gasteiger partial charge is 0.416 e. The number of aliphatic hydroxyl groups excluding tert-OH is 1. The van der Waals surface area contributed by atoms with E-state index in [0.29, 0.717) is 19.0 Å². The zero-order valence-corrected chi connectivity index (χ0v) is 10.9. The van der Waals surface area contributed by atoms with Crippen LogP contribution < -0.4 is 5.32 Å². The molecule has 2 N–H and O–H groups in total. The maximum atomic E-state index is 13.3. The summed E-state index contributed by atoms with van der Waals surface area (Å²) in [7, 11) is 0. The van der Waals surface area contributed by atoms with E-state index in [0.717, 1.165) is 31.4 Å². The number of nitrogens with one attached hydrogen (secondary N) is 1. The van der Waals surface area contributed by atoms with Crippen LogP contribution >= 0.6 is 0 Å². The minimum absolute atomic E-state index is 0.0308. The molecule has 1 aromatic rings. The van der Waals surface area contributed by atoms with E-state index < -0.39 is 23.7 Å². The lowest BCUT2D eigenvalue weighted by Gasteiger charge is -2.23. The monoisotopic (exact) mass is 291 g/mol. The molecule has 1 aromatic carbocycles. The molecule has 0 bridgehead atoms. The van der Waals surface area contributed by atoms with Crippen molar-refractivity contribution in [3.8, 4) is 0 Å². The van der Waals surface area contributed by atoms with E-state index in [2.05, 4.69) is 5.32 Å². The summed E-state index contributed by atoms with van der Waals surface area (Å²) in [4.78, 5) is 0. The highest BCUT2D eigenvalue weighted by Gasteiger charge is 2.32. The normalized spacial score (nSPS) is 22.4. The molecule has 112 valence electrons. The lowest BCUT2D eigenvalue weighted by molar-refractivity contribution is -0.137. The van der Waals surface area contributed by atoms with Crippen molar-refractivity contribution in [2.75, 3.05) is 6.54 Å². The molecule has 0 saturated carbocycles. The second-order valence-corrected chi connectivity index (χ2v) is 5.13. The van der Waals surface area contributed by atoms with Gasteiger partial charge in [-0.1, -0.05) is 12.8 Å². The number of hydrogen-bond acceptors (Lipinski definition) is 2. The molecule has 2 nitrogen and oxygen atoms in total. The fourth-order valence-corrected chi connectivity index (χ4v) is 2.50. The van der Waals surface area contributed by atoms with Gasteiger partial charge >= 0.3 is 6.18 Å². The van der Waals surface area contributed by atoms with E-state index in [9.17, 15) is 22.7 Å². The van der Waals surface area contributed by atoms with E-state index in [1.54, 1.807) is 0 Å². The summed E-state index contributed by atoms with van der Waals surface area (Å²) in [6.07, 6.45) is -2.19. The fraction of sp³-hybridized carbons (Fsp3) is 0.571. The van der Waals surface area contributed by atoms with E-state index in [-0.39, 0.29) is 11.6 Å². The SMILES string of the molecule is OC(c1cc(F)cc(C(F)(F)F)c1)C1CCCCCN1. The van der Waals surface area contributed by atoms with E-state index in [1.165, 1.54) is 0 Å². The highest BCUT2D eigenvalue weighted by Crippen LogP contribution is 2.33. The van der Waals surface area contributed by atoms with Gasteiger partial charge in [0.25, 0.3) is 0 Å². The van der Waals surface area contributed by atoms with Gasteiger partial charge in [0.1, 0.15) is 5.82 Å². The average Bonchev–Trinajstić information content (AvgIpc) is 2.65. The topological polar surface area (TPSA) is 32.3 Å². The Hall–Kier alpha value is -1.14. The second-order valence-electron chi connectivity index (χ2n) is 5.13. The summed E-state index contributed by atoms with van der Waals surface area (Å²) in [5, 5.41) is 13.3. The molecule has 2 atom stereocenters. The molecule has 1 aliphatic rings. The minimum atomic E-state index is -4.62. The zero-order valence-electron chi connectivity index (χ0n) is 10.9. The molecule has 0 radical (unpaired) electrons. The standard InChI is InChI=1S/C14H17F4NO/c15-11-7-9(6-10(8-11)14(16,17)18)13(20)12-4-2-1-3-5-19-12/h6-8,12-13,19-20H,1-5H2. The van der Waals surface area contributed by atoms with Crippen LogP contribution in [0.2, 0.25) is 0 Å². The molecule has 20 heavy (non-hydrogen) atoms. The second kappa shape index (κ2) is 6.10. The first kappa shape index (κ1) is 15.3.